The molecule has 0 spiro atoms. The third-order valence-electron chi connectivity index (χ3n) is 3.47. The maximum atomic E-state index is 11.9. The molecule has 0 unspecified atom stereocenters. The average molecular weight is 270 g/mol. The third-order valence-corrected chi connectivity index (χ3v) is 3.47. The van der Waals surface area contributed by atoms with Gasteiger partial charge in [-0.3, -0.25) is 0 Å². The van der Waals surface area contributed by atoms with Crippen molar-refractivity contribution in [1.82, 2.24) is 10.2 Å². The van der Waals surface area contributed by atoms with Gasteiger partial charge in [-0.05, 0) is 53.1 Å². The Morgan fingerprint density at radius 1 is 1.16 bits per heavy atom. The predicted molar refractivity (Wildman–Crippen MR) is 73.2 cm³/mol. The molecule has 0 aromatic carbocycles. The Kier molecular flexibility index (Phi) is 4.68. The quantitative estimate of drug-likeness (QED) is 0.831. The zero-order valence-corrected chi connectivity index (χ0v) is 12.3. The van der Waals surface area contributed by atoms with Gasteiger partial charge in [0.2, 0.25) is 0 Å². The zero-order valence-electron chi connectivity index (χ0n) is 12.3. The van der Waals surface area contributed by atoms with Crippen LogP contribution in [0.25, 0.3) is 0 Å². The van der Waals surface area contributed by atoms with Gasteiger partial charge >= 0.3 is 6.09 Å². The van der Waals surface area contributed by atoms with Gasteiger partial charge in [0, 0.05) is 6.54 Å². The minimum atomic E-state index is -0.426. The highest BCUT2D eigenvalue weighted by atomic mass is 16.6. The number of piperidine rings is 1. The molecule has 2 rings (SSSR count). The Hall–Kier alpha value is -0.810. The lowest BCUT2D eigenvalue weighted by molar-refractivity contribution is -0.0234. The Labute approximate surface area is 115 Å². The number of carbonyl (C=O) groups excluding carboxylic acids is 1. The molecule has 1 N–H and O–H groups in total. The molecular formula is C14H26N2O3. The summed E-state index contributed by atoms with van der Waals surface area (Å²) in [6.45, 7) is 9.15. The lowest BCUT2D eigenvalue weighted by Gasteiger charge is -2.27. The largest absolute Gasteiger partial charge is 0.444 e. The highest BCUT2D eigenvalue weighted by Gasteiger charge is 2.31. The molecule has 0 radical (unpaired) electrons. The number of hydrogen-bond donors (Lipinski definition) is 1. The van der Waals surface area contributed by atoms with Crippen LogP contribution in [0.15, 0.2) is 0 Å². The van der Waals surface area contributed by atoms with Crippen LogP contribution in [0.4, 0.5) is 4.79 Å². The van der Waals surface area contributed by atoms with Gasteiger partial charge < -0.3 is 19.7 Å². The summed E-state index contributed by atoms with van der Waals surface area (Å²) in [7, 11) is 0. The van der Waals surface area contributed by atoms with Crippen molar-refractivity contribution in [2.24, 2.45) is 0 Å². The first-order valence-corrected chi connectivity index (χ1v) is 7.28. The number of likely N-dealkylation sites (tertiary alicyclic amines) is 1. The van der Waals surface area contributed by atoms with Crippen LogP contribution in [0.3, 0.4) is 0 Å². The van der Waals surface area contributed by atoms with E-state index in [1.54, 1.807) is 4.90 Å². The SMILES string of the molecule is CC(C)(C)OC(=O)N1CC[C@H](OC2CCNCC2)C1. The second-order valence-corrected chi connectivity index (χ2v) is 6.42. The van der Waals surface area contributed by atoms with E-state index in [1.165, 1.54) is 0 Å². The van der Waals surface area contributed by atoms with Crippen molar-refractivity contribution in [3.05, 3.63) is 0 Å². The molecule has 2 aliphatic rings. The minimum absolute atomic E-state index is 0.176. The normalized spacial score (nSPS) is 25.6. The monoisotopic (exact) mass is 270 g/mol. The van der Waals surface area contributed by atoms with Gasteiger partial charge in [-0.25, -0.2) is 4.79 Å². The average Bonchev–Trinajstić information content (AvgIpc) is 2.77. The van der Waals surface area contributed by atoms with Gasteiger partial charge in [0.05, 0.1) is 18.8 Å². The number of nitrogens with one attached hydrogen (secondary N) is 1. The summed E-state index contributed by atoms with van der Waals surface area (Å²) in [5, 5.41) is 3.33. The van der Waals surface area contributed by atoms with Crippen LogP contribution in [0, 0.1) is 0 Å². The van der Waals surface area contributed by atoms with Crippen molar-refractivity contribution >= 4 is 6.09 Å². The standard InChI is InChI=1S/C14H26N2O3/c1-14(2,3)19-13(17)16-9-6-12(10-16)18-11-4-7-15-8-5-11/h11-12,15H,4-10H2,1-3H3/t12-/m0/s1. The van der Waals surface area contributed by atoms with Crippen molar-refractivity contribution in [3.63, 3.8) is 0 Å². The van der Waals surface area contributed by atoms with Crippen LogP contribution in [0.5, 0.6) is 0 Å². The molecule has 0 aliphatic carbocycles. The summed E-state index contributed by atoms with van der Waals surface area (Å²) in [6, 6.07) is 0. The van der Waals surface area contributed by atoms with E-state index in [-0.39, 0.29) is 12.2 Å². The lowest BCUT2D eigenvalue weighted by atomic mass is 10.1. The van der Waals surface area contributed by atoms with Gasteiger partial charge in [0.15, 0.2) is 0 Å². The Bertz CT molecular complexity index is 308. The maximum Gasteiger partial charge on any atom is 0.410 e. The molecule has 5 nitrogen and oxygen atoms in total. The van der Waals surface area contributed by atoms with Crippen LogP contribution in [-0.4, -0.2) is 55.0 Å². The molecule has 2 fully saturated rings. The van der Waals surface area contributed by atoms with Crippen LogP contribution >= 0.6 is 0 Å². The van der Waals surface area contributed by atoms with Gasteiger partial charge in [0.1, 0.15) is 5.60 Å². The molecule has 2 saturated heterocycles. The number of ether oxygens (including phenoxy) is 2. The summed E-state index contributed by atoms with van der Waals surface area (Å²) in [5.74, 6) is 0. The van der Waals surface area contributed by atoms with Crippen molar-refractivity contribution in [2.45, 2.75) is 57.8 Å². The van der Waals surface area contributed by atoms with Crippen LogP contribution in [0.1, 0.15) is 40.0 Å². The van der Waals surface area contributed by atoms with E-state index in [1.807, 2.05) is 20.8 Å². The fourth-order valence-corrected chi connectivity index (χ4v) is 2.54. The van der Waals surface area contributed by atoms with E-state index in [9.17, 15) is 4.79 Å². The van der Waals surface area contributed by atoms with E-state index in [0.29, 0.717) is 12.6 Å². The lowest BCUT2D eigenvalue weighted by Crippen LogP contribution is -2.38. The maximum absolute atomic E-state index is 11.9. The van der Waals surface area contributed by atoms with E-state index >= 15 is 0 Å². The fraction of sp³-hybridized carbons (Fsp3) is 0.929. The van der Waals surface area contributed by atoms with Crippen LogP contribution < -0.4 is 5.32 Å². The number of nitrogens with zero attached hydrogens (tertiary/aromatic N) is 1. The molecule has 0 bridgehead atoms. The summed E-state index contributed by atoms with van der Waals surface area (Å²) in [4.78, 5) is 13.7. The molecule has 0 saturated carbocycles. The molecule has 110 valence electrons. The van der Waals surface area contributed by atoms with Crippen molar-refractivity contribution in [1.29, 1.82) is 0 Å². The molecule has 0 aromatic rings. The van der Waals surface area contributed by atoms with E-state index in [4.69, 9.17) is 9.47 Å². The number of amides is 1. The van der Waals surface area contributed by atoms with Crippen molar-refractivity contribution in [2.75, 3.05) is 26.2 Å². The van der Waals surface area contributed by atoms with E-state index in [2.05, 4.69) is 5.32 Å². The van der Waals surface area contributed by atoms with Gasteiger partial charge in [-0.15, -0.1) is 0 Å². The predicted octanol–water partition coefficient (Wildman–Crippen LogP) is 1.76. The minimum Gasteiger partial charge on any atom is -0.444 e. The Morgan fingerprint density at radius 2 is 1.84 bits per heavy atom. The highest BCUT2D eigenvalue weighted by molar-refractivity contribution is 5.68. The molecule has 1 amide bonds. The summed E-state index contributed by atoms with van der Waals surface area (Å²) in [5.41, 5.74) is -0.426. The molecular weight excluding hydrogens is 244 g/mol. The molecule has 5 heteroatoms. The Balaban J connectivity index is 1.74. The smallest absolute Gasteiger partial charge is 0.410 e. The summed E-state index contributed by atoms with van der Waals surface area (Å²) < 4.78 is 11.5. The number of carbonyl (C=O) groups is 1. The third kappa shape index (κ3) is 4.66. The highest BCUT2D eigenvalue weighted by Crippen LogP contribution is 2.20. The van der Waals surface area contributed by atoms with Gasteiger partial charge in [-0.2, -0.15) is 0 Å². The first-order chi connectivity index (χ1) is 8.94. The number of hydrogen-bond acceptors (Lipinski definition) is 4. The fourth-order valence-electron chi connectivity index (χ4n) is 2.54. The van der Waals surface area contributed by atoms with E-state index in [0.717, 1.165) is 38.9 Å². The summed E-state index contributed by atoms with van der Waals surface area (Å²) in [6.07, 6.45) is 3.37. The van der Waals surface area contributed by atoms with Crippen LogP contribution in [0.2, 0.25) is 0 Å². The number of rotatable bonds is 2. The van der Waals surface area contributed by atoms with Crippen molar-refractivity contribution < 1.29 is 14.3 Å². The summed E-state index contributed by atoms with van der Waals surface area (Å²) >= 11 is 0. The molecule has 19 heavy (non-hydrogen) atoms. The zero-order chi connectivity index (χ0) is 13.9. The van der Waals surface area contributed by atoms with Crippen molar-refractivity contribution in [3.8, 4) is 0 Å². The molecule has 1 atom stereocenters. The molecule has 2 heterocycles. The first-order valence-electron chi connectivity index (χ1n) is 7.28. The van der Waals surface area contributed by atoms with E-state index < -0.39 is 5.60 Å². The molecule has 0 aromatic heterocycles. The van der Waals surface area contributed by atoms with Gasteiger partial charge in [-0.1, -0.05) is 0 Å². The second-order valence-electron chi connectivity index (χ2n) is 6.42. The van der Waals surface area contributed by atoms with Gasteiger partial charge in [0.25, 0.3) is 0 Å². The Morgan fingerprint density at radius 3 is 2.47 bits per heavy atom. The second kappa shape index (κ2) is 6.09. The first kappa shape index (κ1) is 14.6. The van der Waals surface area contributed by atoms with Crippen LogP contribution in [-0.2, 0) is 9.47 Å². The topological polar surface area (TPSA) is 50.8 Å². The molecule has 2 aliphatic heterocycles.